The smallest absolute Gasteiger partial charge is 0.264 e. The first-order valence-corrected chi connectivity index (χ1v) is 10.2. The van der Waals surface area contributed by atoms with E-state index in [-0.39, 0.29) is 13.0 Å². The predicted octanol–water partition coefficient (Wildman–Crippen LogP) is 0.785. The molecule has 0 aliphatic carbocycles. The molecule has 1 aromatic carbocycles. The third-order valence-corrected chi connectivity index (χ3v) is 3.73. The van der Waals surface area contributed by atoms with Crippen LogP contribution < -0.4 is 9.47 Å². The molecule has 132 valence electrons. The van der Waals surface area contributed by atoms with E-state index >= 15 is 0 Å². The Morgan fingerprint density at radius 3 is 2.00 bits per heavy atom. The summed E-state index contributed by atoms with van der Waals surface area (Å²) < 4.78 is 64.2. The molecule has 23 heavy (non-hydrogen) atoms. The quantitative estimate of drug-likeness (QED) is 0.558. The summed E-state index contributed by atoms with van der Waals surface area (Å²) >= 11 is 0. The van der Waals surface area contributed by atoms with Gasteiger partial charge in [0.25, 0.3) is 20.2 Å². The molecular formula is C13H20O8S2. The van der Waals surface area contributed by atoms with Gasteiger partial charge in [0.1, 0.15) is 17.6 Å². The molecule has 1 rings (SSSR count). The van der Waals surface area contributed by atoms with Crippen LogP contribution in [0.5, 0.6) is 11.5 Å². The lowest BCUT2D eigenvalue weighted by molar-refractivity contribution is 0.115. The van der Waals surface area contributed by atoms with E-state index < -0.39 is 32.9 Å². The highest BCUT2D eigenvalue weighted by Gasteiger charge is 2.18. The molecule has 0 aliphatic heterocycles. The minimum Gasteiger partial charge on any atom is -0.497 e. The second-order valence-corrected chi connectivity index (χ2v) is 7.97. The van der Waals surface area contributed by atoms with E-state index in [1.807, 2.05) is 0 Å². The Balaban J connectivity index is 2.54. The summed E-state index contributed by atoms with van der Waals surface area (Å²) in [5.74, 6) is 1.24. The molecular weight excluding hydrogens is 348 g/mol. The second kappa shape index (κ2) is 8.48. The Morgan fingerprint density at radius 1 is 0.957 bits per heavy atom. The van der Waals surface area contributed by atoms with Gasteiger partial charge in [-0.2, -0.15) is 16.8 Å². The summed E-state index contributed by atoms with van der Waals surface area (Å²) in [6.07, 6.45) is 0.926. The largest absolute Gasteiger partial charge is 0.497 e. The van der Waals surface area contributed by atoms with Crippen LogP contribution in [0, 0.1) is 0 Å². The molecule has 0 radical (unpaired) electrons. The van der Waals surface area contributed by atoms with Crippen LogP contribution in [0.25, 0.3) is 0 Å². The first-order valence-electron chi connectivity index (χ1n) is 6.58. The molecule has 0 amide bonds. The van der Waals surface area contributed by atoms with E-state index in [2.05, 4.69) is 4.18 Å². The summed E-state index contributed by atoms with van der Waals surface area (Å²) in [6.45, 7) is -0.280. The van der Waals surface area contributed by atoms with E-state index in [0.717, 1.165) is 12.5 Å². The van der Waals surface area contributed by atoms with Crippen LogP contribution in [-0.2, 0) is 28.6 Å². The first kappa shape index (κ1) is 19.7. The average Bonchev–Trinajstić information content (AvgIpc) is 2.43. The highest BCUT2D eigenvalue weighted by Crippen LogP contribution is 2.17. The summed E-state index contributed by atoms with van der Waals surface area (Å²) in [5, 5.41) is 0. The zero-order valence-corrected chi connectivity index (χ0v) is 14.7. The molecule has 10 heteroatoms. The highest BCUT2D eigenvalue weighted by molar-refractivity contribution is 7.86. The Kier molecular flexibility index (Phi) is 7.26. The maximum Gasteiger partial charge on any atom is 0.264 e. The van der Waals surface area contributed by atoms with Gasteiger partial charge in [-0.1, -0.05) is 0 Å². The van der Waals surface area contributed by atoms with Crippen molar-refractivity contribution in [1.29, 1.82) is 0 Å². The van der Waals surface area contributed by atoms with Crippen molar-refractivity contribution in [3.05, 3.63) is 24.3 Å². The van der Waals surface area contributed by atoms with Crippen molar-refractivity contribution in [1.82, 2.24) is 0 Å². The summed E-state index contributed by atoms with van der Waals surface area (Å²) in [6, 6.07) is 6.82. The van der Waals surface area contributed by atoms with Gasteiger partial charge in [-0.05, 0) is 24.3 Å². The molecule has 0 unspecified atom stereocenters. The number of methoxy groups -OCH3 is 1. The molecule has 0 spiro atoms. The fourth-order valence-electron chi connectivity index (χ4n) is 1.59. The van der Waals surface area contributed by atoms with E-state index in [4.69, 9.17) is 13.7 Å². The SMILES string of the molecule is COc1ccc(OCC[C@H](COS(C)(=O)=O)OS(C)(=O)=O)cc1. The monoisotopic (exact) mass is 368 g/mol. The van der Waals surface area contributed by atoms with E-state index in [0.29, 0.717) is 11.5 Å². The molecule has 0 aliphatic rings. The predicted molar refractivity (Wildman–Crippen MR) is 83.6 cm³/mol. The van der Waals surface area contributed by atoms with Crippen molar-refractivity contribution in [3.8, 4) is 11.5 Å². The Morgan fingerprint density at radius 2 is 1.52 bits per heavy atom. The van der Waals surface area contributed by atoms with Crippen molar-refractivity contribution in [2.45, 2.75) is 12.5 Å². The summed E-state index contributed by atoms with van der Waals surface area (Å²) in [5.41, 5.74) is 0. The number of hydrogen-bond acceptors (Lipinski definition) is 8. The van der Waals surface area contributed by atoms with E-state index in [9.17, 15) is 16.8 Å². The molecule has 0 heterocycles. The van der Waals surface area contributed by atoms with Gasteiger partial charge in [-0.3, -0.25) is 8.37 Å². The molecule has 8 nitrogen and oxygen atoms in total. The van der Waals surface area contributed by atoms with Gasteiger partial charge >= 0.3 is 0 Å². The van der Waals surface area contributed by atoms with Gasteiger partial charge in [-0.15, -0.1) is 0 Å². The maximum atomic E-state index is 11.2. The molecule has 0 saturated heterocycles. The van der Waals surface area contributed by atoms with Crippen molar-refractivity contribution >= 4 is 20.2 Å². The van der Waals surface area contributed by atoms with Gasteiger partial charge in [0.2, 0.25) is 0 Å². The number of ether oxygens (including phenoxy) is 2. The van der Waals surface area contributed by atoms with E-state index in [1.165, 1.54) is 0 Å². The molecule has 1 atom stereocenters. The standard InChI is InChI=1S/C13H20O8S2/c1-18-11-4-6-12(7-5-11)19-9-8-13(21-23(3,16)17)10-20-22(2,14)15/h4-7,13H,8-10H2,1-3H3/t13-/m1/s1. The van der Waals surface area contributed by atoms with Crippen LogP contribution in [0.2, 0.25) is 0 Å². The Labute approximate surface area is 136 Å². The fourth-order valence-corrected chi connectivity index (χ4v) is 2.63. The number of hydrogen-bond donors (Lipinski definition) is 0. The maximum absolute atomic E-state index is 11.2. The van der Waals surface area contributed by atoms with Crippen LogP contribution in [0.3, 0.4) is 0 Å². The van der Waals surface area contributed by atoms with Crippen molar-refractivity contribution < 1.29 is 34.7 Å². The van der Waals surface area contributed by atoms with Crippen molar-refractivity contribution in [3.63, 3.8) is 0 Å². The zero-order valence-electron chi connectivity index (χ0n) is 13.1. The van der Waals surface area contributed by atoms with Crippen LogP contribution in [0.1, 0.15) is 6.42 Å². The minimum atomic E-state index is -3.74. The van der Waals surface area contributed by atoms with Crippen molar-refractivity contribution in [2.75, 3.05) is 32.8 Å². The molecule has 0 fully saturated rings. The number of rotatable bonds is 10. The van der Waals surface area contributed by atoms with E-state index in [1.54, 1.807) is 31.4 Å². The molecule has 0 saturated carbocycles. The van der Waals surface area contributed by atoms with Crippen LogP contribution in [0.15, 0.2) is 24.3 Å². The highest BCUT2D eigenvalue weighted by atomic mass is 32.2. The molecule has 0 aromatic heterocycles. The third-order valence-electron chi connectivity index (χ3n) is 2.55. The zero-order chi connectivity index (χ0) is 17.5. The third kappa shape index (κ3) is 9.39. The Hall–Kier alpha value is -1.36. The van der Waals surface area contributed by atoms with Crippen LogP contribution >= 0.6 is 0 Å². The molecule has 1 aromatic rings. The first-order chi connectivity index (χ1) is 10.6. The average molecular weight is 368 g/mol. The van der Waals surface area contributed by atoms with Gasteiger partial charge < -0.3 is 9.47 Å². The van der Waals surface area contributed by atoms with Gasteiger partial charge in [0.15, 0.2) is 0 Å². The van der Waals surface area contributed by atoms with Gasteiger partial charge in [0, 0.05) is 6.42 Å². The Bertz CT molecular complexity index is 679. The topological polar surface area (TPSA) is 105 Å². The molecule has 0 N–H and O–H groups in total. The normalized spacial score (nSPS) is 13.5. The second-order valence-electron chi connectivity index (χ2n) is 4.72. The lowest BCUT2D eigenvalue weighted by atomic mass is 10.3. The molecule has 0 bridgehead atoms. The van der Waals surface area contributed by atoms with Crippen molar-refractivity contribution in [2.24, 2.45) is 0 Å². The fraction of sp³-hybridized carbons (Fsp3) is 0.538. The lowest BCUT2D eigenvalue weighted by Crippen LogP contribution is -2.26. The lowest BCUT2D eigenvalue weighted by Gasteiger charge is -2.16. The van der Waals surface area contributed by atoms with Crippen LogP contribution in [-0.4, -0.2) is 55.8 Å². The van der Waals surface area contributed by atoms with Crippen LogP contribution in [0.4, 0.5) is 0 Å². The number of benzene rings is 1. The van der Waals surface area contributed by atoms with Gasteiger partial charge in [0.05, 0.1) is 32.8 Å². The minimum absolute atomic E-state index is 0.125. The van der Waals surface area contributed by atoms with Gasteiger partial charge in [-0.25, -0.2) is 0 Å². The summed E-state index contributed by atoms with van der Waals surface area (Å²) in [4.78, 5) is 0. The summed E-state index contributed by atoms with van der Waals surface area (Å²) in [7, 11) is -5.88.